The summed E-state index contributed by atoms with van der Waals surface area (Å²) in [7, 11) is 1.49. The van der Waals surface area contributed by atoms with Crippen LogP contribution in [-0.2, 0) is 28.2 Å². The summed E-state index contributed by atoms with van der Waals surface area (Å²) >= 11 is 3.54. The van der Waals surface area contributed by atoms with E-state index in [1.807, 2.05) is 24.3 Å². The molecule has 0 amide bonds. The van der Waals surface area contributed by atoms with Gasteiger partial charge in [0.05, 0.1) is 13.7 Å². The first kappa shape index (κ1) is 20.1. The van der Waals surface area contributed by atoms with E-state index in [4.69, 9.17) is 4.74 Å². The molecule has 0 N–H and O–H groups in total. The van der Waals surface area contributed by atoms with Gasteiger partial charge in [0.1, 0.15) is 0 Å². The molecule has 1 atom stereocenters. The molecule has 5 rings (SSSR count). The zero-order valence-electron chi connectivity index (χ0n) is 18.0. The van der Waals surface area contributed by atoms with Gasteiger partial charge in [-0.25, -0.2) is 4.79 Å². The number of carbonyl (C=O) groups excluding carboxylic acids is 1. The second kappa shape index (κ2) is 7.41. The third-order valence-electron chi connectivity index (χ3n) is 6.52. The number of nitrogens with zero attached hydrogens (tertiary/aromatic N) is 2. The fourth-order valence-corrected chi connectivity index (χ4v) is 5.34. The molecule has 2 heterocycles. The molecular weight excluding hydrogens is 452 g/mol. The van der Waals surface area contributed by atoms with E-state index in [2.05, 4.69) is 76.0 Å². The van der Waals surface area contributed by atoms with Crippen molar-refractivity contribution in [2.45, 2.75) is 32.5 Å². The Bertz CT molecular complexity index is 1170. The average molecular weight is 477 g/mol. The molecule has 2 aliphatic heterocycles. The molecule has 0 saturated carbocycles. The van der Waals surface area contributed by atoms with Gasteiger partial charge in [-0.15, -0.1) is 0 Å². The Kier molecular flexibility index (Phi) is 4.82. The van der Waals surface area contributed by atoms with Crippen LogP contribution in [0.2, 0.25) is 0 Å². The van der Waals surface area contributed by atoms with Crippen LogP contribution in [0.4, 0.5) is 11.4 Å². The third kappa shape index (κ3) is 3.14. The van der Waals surface area contributed by atoms with E-state index in [9.17, 15) is 4.79 Å². The highest BCUT2D eigenvalue weighted by Gasteiger charge is 2.52. The number of ether oxygens (including phenoxy) is 1. The van der Waals surface area contributed by atoms with Crippen molar-refractivity contribution in [2.75, 3.05) is 23.5 Å². The van der Waals surface area contributed by atoms with Crippen molar-refractivity contribution in [3.63, 3.8) is 0 Å². The Labute approximate surface area is 191 Å². The van der Waals surface area contributed by atoms with Crippen molar-refractivity contribution in [2.24, 2.45) is 0 Å². The van der Waals surface area contributed by atoms with Crippen LogP contribution in [0.25, 0.3) is 0 Å². The van der Waals surface area contributed by atoms with Gasteiger partial charge in [0.15, 0.2) is 5.54 Å². The van der Waals surface area contributed by atoms with Crippen LogP contribution in [0.15, 0.2) is 65.1 Å². The Morgan fingerprint density at radius 3 is 2.16 bits per heavy atom. The average Bonchev–Trinajstić information content (AvgIpc) is 2.97. The van der Waals surface area contributed by atoms with E-state index in [-0.39, 0.29) is 5.97 Å². The smallest absolute Gasteiger partial charge is 0.338 e. The van der Waals surface area contributed by atoms with Gasteiger partial charge in [0.2, 0.25) is 0 Å². The monoisotopic (exact) mass is 476 g/mol. The molecule has 0 saturated heterocycles. The molecule has 0 radical (unpaired) electrons. The first-order chi connectivity index (χ1) is 14.9. The number of fused-ring (bicyclic) bond motifs is 7. The summed E-state index contributed by atoms with van der Waals surface area (Å²) < 4.78 is 6.47. The third-order valence-corrected chi connectivity index (χ3v) is 7.05. The quantitative estimate of drug-likeness (QED) is 0.458. The summed E-state index contributed by atoms with van der Waals surface area (Å²) in [5.41, 5.74) is 7.16. The molecule has 2 bridgehead atoms. The minimum atomic E-state index is -0.955. The van der Waals surface area contributed by atoms with Gasteiger partial charge >= 0.3 is 5.97 Å². The summed E-state index contributed by atoms with van der Waals surface area (Å²) in [5, 5.41) is 0. The lowest BCUT2D eigenvalue weighted by atomic mass is 9.87. The van der Waals surface area contributed by atoms with Crippen LogP contribution in [0.3, 0.4) is 0 Å². The number of rotatable bonds is 2. The largest absolute Gasteiger partial charge is 0.467 e. The highest BCUT2D eigenvalue weighted by atomic mass is 79.9. The summed E-state index contributed by atoms with van der Waals surface area (Å²) in [6, 6.07) is 21.2. The summed E-state index contributed by atoms with van der Waals surface area (Å²) in [6.45, 7) is 6.13. The summed E-state index contributed by atoms with van der Waals surface area (Å²) in [5.74, 6) is -0.238. The summed E-state index contributed by atoms with van der Waals surface area (Å²) in [4.78, 5) is 18.3. The van der Waals surface area contributed by atoms with Crippen LogP contribution in [-0.4, -0.2) is 19.6 Å². The van der Waals surface area contributed by atoms with E-state index < -0.39 is 5.54 Å². The van der Waals surface area contributed by atoms with Crippen LogP contribution in [0.1, 0.15) is 27.8 Å². The van der Waals surface area contributed by atoms with Crippen molar-refractivity contribution >= 4 is 33.3 Å². The number of hydrogen-bond donors (Lipinski definition) is 0. The van der Waals surface area contributed by atoms with Gasteiger partial charge in [-0.05, 0) is 54.8 Å². The SMILES string of the molecule is COC(=O)C1(c2ccc(Br)cc2)CN2Cc3cc(C)ccc3N1Cc1cc(C)ccc12. The lowest BCUT2D eigenvalue weighted by molar-refractivity contribution is -0.147. The van der Waals surface area contributed by atoms with E-state index in [1.54, 1.807) is 0 Å². The minimum Gasteiger partial charge on any atom is -0.467 e. The fraction of sp³-hybridized carbons (Fsp3) is 0.269. The van der Waals surface area contributed by atoms with Gasteiger partial charge in [-0.3, -0.25) is 0 Å². The van der Waals surface area contributed by atoms with Gasteiger partial charge in [-0.2, -0.15) is 0 Å². The molecule has 0 aliphatic carbocycles. The topological polar surface area (TPSA) is 32.8 Å². The molecule has 1 unspecified atom stereocenters. The summed E-state index contributed by atoms with van der Waals surface area (Å²) in [6.07, 6.45) is 0. The maximum absolute atomic E-state index is 13.7. The predicted molar refractivity (Wildman–Crippen MR) is 127 cm³/mol. The van der Waals surface area contributed by atoms with E-state index in [0.717, 1.165) is 22.3 Å². The van der Waals surface area contributed by atoms with Crippen molar-refractivity contribution in [1.29, 1.82) is 0 Å². The van der Waals surface area contributed by atoms with E-state index >= 15 is 0 Å². The molecule has 4 nitrogen and oxygen atoms in total. The highest BCUT2D eigenvalue weighted by Crippen LogP contribution is 2.46. The molecule has 0 aromatic heterocycles. The second-order valence-corrected chi connectivity index (χ2v) is 9.48. The molecule has 31 heavy (non-hydrogen) atoms. The standard InChI is InChI=1S/C26H25BrN2O2/c1-17-4-10-23-20(13-17)15-29-24-11-5-18(2)12-19(24)14-28(23)16-26(29,25(30)31-3)21-6-8-22(27)9-7-21/h4-13H,14-16H2,1-3H3. The number of benzene rings is 3. The molecule has 3 aromatic carbocycles. The molecule has 3 aromatic rings. The molecule has 5 heteroatoms. The van der Waals surface area contributed by atoms with Gasteiger partial charge < -0.3 is 14.5 Å². The number of esters is 1. The van der Waals surface area contributed by atoms with Crippen molar-refractivity contribution < 1.29 is 9.53 Å². The van der Waals surface area contributed by atoms with Crippen LogP contribution < -0.4 is 9.80 Å². The molecule has 0 fully saturated rings. The van der Waals surface area contributed by atoms with Crippen molar-refractivity contribution in [3.8, 4) is 0 Å². The highest BCUT2D eigenvalue weighted by molar-refractivity contribution is 9.10. The second-order valence-electron chi connectivity index (χ2n) is 8.57. The zero-order valence-corrected chi connectivity index (χ0v) is 19.6. The van der Waals surface area contributed by atoms with Gasteiger partial charge in [0.25, 0.3) is 0 Å². The minimum absolute atomic E-state index is 0.238. The lowest BCUT2D eigenvalue weighted by Crippen LogP contribution is -2.56. The maximum atomic E-state index is 13.7. The first-order valence-electron chi connectivity index (χ1n) is 10.5. The Balaban J connectivity index is 1.82. The fourth-order valence-electron chi connectivity index (χ4n) is 5.08. The number of aryl methyl sites for hydroxylation is 2. The maximum Gasteiger partial charge on any atom is 0.338 e. The van der Waals surface area contributed by atoms with Crippen LogP contribution in [0.5, 0.6) is 0 Å². The number of halogens is 1. The number of carbonyl (C=O) groups is 1. The molecule has 2 aliphatic rings. The lowest BCUT2D eigenvalue weighted by Gasteiger charge is -2.42. The Morgan fingerprint density at radius 1 is 0.903 bits per heavy atom. The van der Waals surface area contributed by atoms with Gasteiger partial charge in [0, 0.05) is 28.9 Å². The number of methoxy groups -OCH3 is 1. The number of anilines is 2. The molecular formula is C26H25BrN2O2. The Hall–Kier alpha value is -2.79. The molecule has 0 spiro atoms. The first-order valence-corrected chi connectivity index (χ1v) is 11.3. The van der Waals surface area contributed by atoms with Crippen molar-refractivity contribution in [1.82, 2.24) is 0 Å². The van der Waals surface area contributed by atoms with E-state index in [0.29, 0.717) is 13.1 Å². The van der Waals surface area contributed by atoms with E-state index in [1.165, 1.54) is 35.1 Å². The van der Waals surface area contributed by atoms with Gasteiger partial charge in [-0.1, -0.05) is 63.5 Å². The van der Waals surface area contributed by atoms with Crippen LogP contribution in [0, 0.1) is 13.8 Å². The Morgan fingerprint density at radius 2 is 1.52 bits per heavy atom. The zero-order chi connectivity index (χ0) is 21.8. The predicted octanol–water partition coefficient (Wildman–Crippen LogP) is 5.47. The van der Waals surface area contributed by atoms with Crippen LogP contribution >= 0.6 is 15.9 Å². The number of hydrogen-bond acceptors (Lipinski definition) is 4. The normalized spacial score (nSPS) is 19.4. The molecule has 158 valence electrons. The van der Waals surface area contributed by atoms with Crippen molar-refractivity contribution in [3.05, 3.63) is 93.0 Å².